The molecule has 0 aliphatic rings. The van der Waals surface area contributed by atoms with Crippen molar-refractivity contribution in [3.63, 3.8) is 0 Å². The summed E-state index contributed by atoms with van der Waals surface area (Å²) in [5, 5.41) is 17.4. The van der Waals surface area contributed by atoms with Gasteiger partial charge in [-0.1, -0.05) is 0 Å². The number of rotatable bonds is 8. The fraction of sp³-hybridized carbons (Fsp3) is 1.00. The van der Waals surface area contributed by atoms with E-state index in [1.807, 2.05) is 0 Å². The van der Waals surface area contributed by atoms with Crippen molar-refractivity contribution in [1.29, 1.82) is 0 Å². The van der Waals surface area contributed by atoms with E-state index in [1.165, 1.54) is 11.8 Å². The van der Waals surface area contributed by atoms with E-state index in [9.17, 15) is 8.42 Å². The number of aliphatic hydroxyl groups excluding tert-OH is 2. The number of aliphatic hydroxyl groups is 2. The predicted octanol–water partition coefficient (Wildman–Crippen LogP) is -1.21. The molecule has 0 aliphatic carbocycles. The molecule has 0 amide bonds. The van der Waals surface area contributed by atoms with E-state index in [-0.39, 0.29) is 41.9 Å². The second-order valence-electron chi connectivity index (χ2n) is 2.69. The third-order valence-electron chi connectivity index (χ3n) is 1.46. The van der Waals surface area contributed by atoms with Gasteiger partial charge in [-0.15, -0.1) is 0 Å². The summed E-state index contributed by atoms with van der Waals surface area (Å²) >= 11 is 1.41. The second kappa shape index (κ2) is 10.3. The summed E-state index contributed by atoms with van der Waals surface area (Å²) in [6.45, 7) is -0.261. The predicted molar refractivity (Wildman–Crippen MR) is 63.0 cm³/mol. The first kappa shape index (κ1) is 18.5. The summed E-state index contributed by atoms with van der Waals surface area (Å²) < 4.78 is 25.9. The van der Waals surface area contributed by atoms with E-state index in [2.05, 4.69) is 4.18 Å². The number of hydrogen-bond acceptors (Lipinski definition) is 6. The molecule has 0 aliphatic heterocycles. The zero-order valence-electron chi connectivity index (χ0n) is 8.05. The van der Waals surface area contributed by atoms with E-state index in [0.29, 0.717) is 17.9 Å². The molecule has 0 aromatic carbocycles. The minimum absolute atomic E-state index is 0. The Labute approximate surface area is 117 Å². The van der Waals surface area contributed by atoms with Crippen LogP contribution in [0.3, 0.4) is 0 Å². The van der Waals surface area contributed by atoms with E-state index in [4.69, 9.17) is 10.2 Å². The standard InChI is InChI=1S/C7H16O5S2.Na.H/c1-12-14(10,11)4-2-3-13-6-7(9)5-8;;/h7-9H,2-6H2,1H3;;. The van der Waals surface area contributed by atoms with Crippen LogP contribution in [0.2, 0.25) is 0 Å². The van der Waals surface area contributed by atoms with Crippen LogP contribution in [0, 0.1) is 0 Å². The third kappa shape index (κ3) is 11.4. The Hall–Kier alpha value is 1.18. The molecular formula is C7H17NaO5S2. The fourth-order valence-corrected chi connectivity index (χ4v) is 2.43. The van der Waals surface area contributed by atoms with E-state index in [0.717, 1.165) is 7.11 Å². The van der Waals surface area contributed by atoms with Crippen LogP contribution < -0.4 is 0 Å². The maximum atomic E-state index is 10.8. The Morgan fingerprint density at radius 2 is 2.07 bits per heavy atom. The molecular weight excluding hydrogens is 251 g/mol. The quantitative estimate of drug-likeness (QED) is 0.326. The first-order valence-corrected chi connectivity index (χ1v) is 6.90. The van der Waals surface area contributed by atoms with Gasteiger partial charge < -0.3 is 10.2 Å². The molecule has 5 nitrogen and oxygen atoms in total. The van der Waals surface area contributed by atoms with E-state index >= 15 is 0 Å². The number of thioether (sulfide) groups is 1. The molecule has 0 rings (SSSR count). The Morgan fingerprint density at radius 1 is 1.47 bits per heavy atom. The van der Waals surface area contributed by atoms with Crippen LogP contribution in [0.5, 0.6) is 0 Å². The van der Waals surface area contributed by atoms with Gasteiger partial charge in [-0.2, -0.15) is 20.2 Å². The monoisotopic (exact) mass is 268 g/mol. The average Bonchev–Trinajstić information content (AvgIpc) is 2.17. The Bertz CT molecular complexity index is 232. The summed E-state index contributed by atoms with van der Waals surface area (Å²) in [6, 6.07) is 0. The van der Waals surface area contributed by atoms with Crippen molar-refractivity contribution in [2.45, 2.75) is 12.5 Å². The van der Waals surface area contributed by atoms with Crippen LogP contribution in [-0.2, 0) is 14.3 Å². The third-order valence-corrected chi connectivity index (χ3v) is 3.95. The summed E-state index contributed by atoms with van der Waals surface area (Å²) in [5.74, 6) is 1.04. The maximum absolute atomic E-state index is 10.8. The minimum atomic E-state index is -3.35. The summed E-state index contributed by atoms with van der Waals surface area (Å²) in [6.07, 6.45) is -0.238. The molecule has 0 heterocycles. The zero-order valence-corrected chi connectivity index (χ0v) is 9.68. The van der Waals surface area contributed by atoms with Crippen molar-refractivity contribution in [1.82, 2.24) is 0 Å². The molecule has 0 saturated carbocycles. The molecule has 8 heteroatoms. The molecule has 2 N–H and O–H groups in total. The molecule has 0 spiro atoms. The first-order chi connectivity index (χ1) is 6.52. The van der Waals surface area contributed by atoms with Gasteiger partial charge in [0.25, 0.3) is 10.1 Å². The van der Waals surface area contributed by atoms with Gasteiger partial charge in [0, 0.05) is 5.75 Å². The van der Waals surface area contributed by atoms with Gasteiger partial charge in [0.2, 0.25) is 0 Å². The van der Waals surface area contributed by atoms with E-state index < -0.39 is 16.2 Å². The molecule has 0 fully saturated rings. The average molecular weight is 268 g/mol. The SMILES string of the molecule is COS(=O)(=O)CCCSCC(O)CO.[NaH]. The molecule has 0 aromatic heterocycles. The Morgan fingerprint density at radius 3 is 2.53 bits per heavy atom. The number of hydrogen-bond donors (Lipinski definition) is 2. The van der Waals surface area contributed by atoms with Crippen LogP contribution in [0.4, 0.5) is 0 Å². The van der Waals surface area contributed by atoms with Crippen LogP contribution >= 0.6 is 11.8 Å². The molecule has 15 heavy (non-hydrogen) atoms. The van der Waals surface area contributed by atoms with Crippen molar-refractivity contribution >= 4 is 51.4 Å². The first-order valence-electron chi connectivity index (χ1n) is 4.17. The summed E-state index contributed by atoms with van der Waals surface area (Å²) in [5.41, 5.74) is 0. The van der Waals surface area contributed by atoms with Gasteiger partial charge in [-0.25, -0.2) is 0 Å². The summed E-state index contributed by atoms with van der Waals surface area (Å²) in [4.78, 5) is 0. The van der Waals surface area contributed by atoms with Crippen molar-refractivity contribution in [3.8, 4) is 0 Å². The van der Waals surface area contributed by atoms with Crippen LogP contribution in [0.25, 0.3) is 0 Å². The fourth-order valence-electron chi connectivity index (χ4n) is 0.693. The Kier molecular flexibility index (Phi) is 12.8. The van der Waals surface area contributed by atoms with Gasteiger partial charge in [-0.3, -0.25) is 4.18 Å². The van der Waals surface area contributed by atoms with Crippen LogP contribution in [-0.4, -0.2) is 85.3 Å². The van der Waals surface area contributed by atoms with Gasteiger partial charge in [0.05, 0.1) is 25.6 Å². The van der Waals surface area contributed by atoms with Crippen molar-refractivity contribution < 1.29 is 22.8 Å². The normalized spacial score (nSPS) is 13.3. The van der Waals surface area contributed by atoms with Crippen LogP contribution in [0.1, 0.15) is 6.42 Å². The molecule has 0 aromatic rings. The molecule has 0 radical (unpaired) electrons. The van der Waals surface area contributed by atoms with Crippen molar-refractivity contribution in [2.24, 2.45) is 0 Å². The van der Waals surface area contributed by atoms with Gasteiger partial charge in [0.1, 0.15) is 0 Å². The molecule has 1 atom stereocenters. The van der Waals surface area contributed by atoms with Gasteiger partial charge >= 0.3 is 29.6 Å². The zero-order chi connectivity index (χ0) is 11.0. The summed E-state index contributed by atoms with van der Waals surface area (Å²) in [7, 11) is -2.21. The topological polar surface area (TPSA) is 83.8 Å². The molecule has 88 valence electrons. The van der Waals surface area contributed by atoms with E-state index in [1.54, 1.807) is 0 Å². The Balaban J connectivity index is 0. The van der Waals surface area contributed by atoms with Gasteiger partial charge in [0.15, 0.2) is 0 Å². The van der Waals surface area contributed by atoms with Gasteiger partial charge in [-0.05, 0) is 12.2 Å². The molecule has 0 bridgehead atoms. The second-order valence-corrected chi connectivity index (χ2v) is 5.70. The van der Waals surface area contributed by atoms with Crippen LogP contribution in [0.15, 0.2) is 0 Å². The van der Waals surface area contributed by atoms with Crippen molar-refractivity contribution in [2.75, 3.05) is 31.0 Å². The molecule has 0 saturated heterocycles. The van der Waals surface area contributed by atoms with Crippen molar-refractivity contribution in [3.05, 3.63) is 0 Å². The molecule has 1 unspecified atom stereocenters.